The van der Waals surface area contributed by atoms with Gasteiger partial charge in [-0.2, -0.15) is 4.31 Å². The summed E-state index contributed by atoms with van der Waals surface area (Å²) in [5.74, 6) is 2.01. The summed E-state index contributed by atoms with van der Waals surface area (Å²) in [7, 11) is -3.06. The Morgan fingerprint density at radius 1 is 1.33 bits per heavy atom. The Labute approximate surface area is 108 Å². The zero-order chi connectivity index (χ0) is 12.5. The molecule has 3 aliphatic heterocycles. The fourth-order valence-electron chi connectivity index (χ4n) is 3.89. The van der Waals surface area contributed by atoms with Gasteiger partial charge in [0.05, 0.1) is 18.0 Å². The SMILES string of the molecule is CC=C1CN(S(=O)(=O)C[C@@H]2C[C@@H]3O[C@H]2[C@H]2C[C@H]23)C1. The van der Waals surface area contributed by atoms with E-state index in [2.05, 4.69) is 0 Å². The Kier molecular flexibility index (Phi) is 2.28. The quantitative estimate of drug-likeness (QED) is 0.718. The topological polar surface area (TPSA) is 46.6 Å². The molecule has 0 N–H and O–H groups in total. The monoisotopic (exact) mass is 269 g/mol. The normalized spacial score (nSPS) is 45.8. The summed E-state index contributed by atoms with van der Waals surface area (Å²) >= 11 is 0. The maximum absolute atomic E-state index is 12.3. The number of fused-ring (bicyclic) bond motifs is 5. The maximum atomic E-state index is 12.3. The highest BCUT2D eigenvalue weighted by atomic mass is 32.2. The van der Waals surface area contributed by atoms with E-state index in [0.717, 1.165) is 12.3 Å². The number of allylic oxidation sites excluding steroid dienone is 1. The lowest BCUT2D eigenvalue weighted by Gasteiger charge is -2.34. The Bertz CT molecular complexity index is 504. The van der Waals surface area contributed by atoms with E-state index in [1.165, 1.54) is 12.0 Å². The lowest BCUT2D eigenvalue weighted by Crippen LogP contribution is -2.47. The zero-order valence-corrected chi connectivity index (χ0v) is 11.4. The summed E-state index contributed by atoms with van der Waals surface area (Å²) in [5, 5.41) is 0. The highest BCUT2D eigenvalue weighted by Gasteiger charge is 2.63. The Morgan fingerprint density at radius 2 is 2.11 bits per heavy atom. The molecular formula is C13H19NO3S. The standard InChI is InChI=1S/C13H19NO3S/c1-2-8-5-14(6-8)18(15,16)7-9-3-12-10-4-11(10)13(9)17-12/h2,9-13H,3-7H2,1H3/t9-,10+,11-,12-,13+/m0/s1. The number of ether oxygens (including phenoxy) is 1. The molecule has 0 spiro atoms. The van der Waals surface area contributed by atoms with E-state index < -0.39 is 10.0 Å². The summed E-state index contributed by atoms with van der Waals surface area (Å²) in [6, 6.07) is 0. The number of hydrogen-bond donors (Lipinski definition) is 0. The summed E-state index contributed by atoms with van der Waals surface area (Å²) in [6.45, 7) is 3.18. The lowest BCUT2D eigenvalue weighted by molar-refractivity contribution is 0.0633. The minimum absolute atomic E-state index is 0.247. The molecule has 0 aromatic carbocycles. The van der Waals surface area contributed by atoms with Crippen molar-refractivity contribution < 1.29 is 13.2 Å². The van der Waals surface area contributed by atoms with Crippen molar-refractivity contribution in [1.29, 1.82) is 0 Å². The van der Waals surface area contributed by atoms with Crippen molar-refractivity contribution in [3.8, 4) is 0 Å². The minimum atomic E-state index is -3.06. The van der Waals surface area contributed by atoms with Crippen molar-refractivity contribution in [3.63, 3.8) is 0 Å². The smallest absolute Gasteiger partial charge is 0.215 e. The highest BCUT2D eigenvalue weighted by Crippen LogP contribution is 2.60. The van der Waals surface area contributed by atoms with Gasteiger partial charge in [0.1, 0.15) is 0 Å². The van der Waals surface area contributed by atoms with Crippen LogP contribution in [0.5, 0.6) is 0 Å². The van der Waals surface area contributed by atoms with Crippen LogP contribution in [0.2, 0.25) is 0 Å². The Hall–Kier alpha value is -0.390. The average molecular weight is 269 g/mol. The number of sulfonamides is 1. The largest absolute Gasteiger partial charge is 0.374 e. The molecule has 4 aliphatic rings. The molecule has 2 bridgehead atoms. The van der Waals surface area contributed by atoms with E-state index in [0.29, 0.717) is 30.9 Å². The van der Waals surface area contributed by atoms with E-state index >= 15 is 0 Å². The van der Waals surface area contributed by atoms with E-state index in [4.69, 9.17) is 4.74 Å². The van der Waals surface area contributed by atoms with Gasteiger partial charge in [0.2, 0.25) is 10.0 Å². The third kappa shape index (κ3) is 1.53. The van der Waals surface area contributed by atoms with Gasteiger partial charge >= 0.3 is 0 Å². The molecule has 18 heavy (non-hydrogen) atoms. The van der Waals surface area contributed by atoms with Gasteiger partial charge in [0, 0.05) is 19.0 Å². The summed E-state index contributed by atoms with van der Waals surface area (Å²) in [5.41, 5.74) is 1.23. The minimum Gasteiger partial charge on any atom is -0.374 e. The van der Waals surface area contributed by atoms with Crippen molar-refractivity contribution in [3.05, 3.63) is 11.6 Å². The van der Waals surface area contributed by atoms with Crippen molar-refractivity contribution in [2.75, 3.05) is 18.8 Å². The Balaban J connectivity index is 1.43. The molecule has 0 aromatic rings. The number of hydrogen-bond acceptors (Lipinski definition) is 3. The predicted octanol–water partition coefficient (Wildman–Crippen LogP) is 1.00. The van der Waals surface area contributed by atoms with Crippen LogP contribution in [0.15, 0.2) is 11.6 Å². The van der Waals surface area contributed by atoms with E-state index in [1.54, 1.807) is 4.31 Å². The molecule has 0 radical (unpaired) electrons. The van der Waals surface area contributed by atoms with Crippen molar-refractivity contribution in [1.82, 2.24) is 4.31 Å². The molecule has 1 saturated carbocycles. The van der Waals surface area contributed by atoms with Crippen molar-refractivity contribution >= 4 is 10.0 Å². The third-order valence-electron chi connectivity index (χ3n) is 5.11. The van der Waals surface area contributed by atoms with Gasteiger partial charge in [-0.25, -0.2) is 8.42 Å². The molecule has 4 nitrogen and oxygen atoms in total. The molecule has 5 atom stereocenters. The fourth-order valence-corrected chi connectivity index (χ4v) is 5.70. The summed E-state index contributed by atoms with van der Waals surface area (Å²) < 4.78 is 32.0. The van der Waals surface area contributed by atoms with Crippen LogP contribution >= 0.6 is 0 Å². The highest BCUT2D eigenvalue weighted by molar-refractivity contribution is 7.89. The molecular weight excluding hydrogens is 250 g/mol. The first-order chi connectivity index (χ1) is 8.58. The van der Waals surface area contributed by atoms with Crippen LogP contribution in [0.25, 0.3) is 0 Å². The van der Waals surface area contributed by atoms with Crippen LogP contribution in [-0.4, -0.2) is 43.8 Å². The van der Waals surface area contributed by atoms with Crippen molar-refractivity contribution in [2.45, 2.75) is 32.0 Å². The van der Waals surface area contributed by atoms with Crippen LogP contribution in [-0.2, 0) is 14.8 Å². The van der Waals surface area contributed by atoms with E-state index in [1.807, 2.05) is 13.0 Å². The average Bonchev–Trinajstić information content (AvgIpc) is 2.85. The van der Waals surface area contributed by atoms with Crippen LogP contribution in [0.4, 0.5) is 0 Å². The van der Waals surface area contributed by atoms with Gasteiger partial charge < -0.3 is 4.74 Å². The molecule has 1 aliphatic carbocycles. The third-order valence-corrected chi connectivity index (χ3v) is 7.00. The second-order valence-corrected chi connectivity index (χ2v) is 8.21. The number of nitrogens with zero attached hydrogens (tertiary/aromatic N) is 1. The van der Waals surface area contributed by atoms with Crippen LogP contribution in [0.3, 0.4) is 0 Å². The summed E-state index contributed by atoms with van der Waals surface area (Å²) in [6.07, 6.45) is 4.88. The predicted molar refractivity (Wildman–Crippen MR) is 67.5 cm³/mol. The summed E-state index contributed by atoms with van der Waals surface area (Å²) in [4.78, 5) is 0. The zero-order valence-electron chi connectivity index (χ0n) is 10.6. The molecule has 3 saturated heterocycles. The Morgan fingerprint density at radius 3 is 2.72 bits per heavy atom. The lowest BCUT2D eigenvalue weighted by atomic mass is 9.91. The molecule has 5 heteroatoms. The van der Waals surface area contributed by atoms with Gasteiger partial charge in [-0.05, 0) is 37.2 Å². The van der Waals surface area contributed by atoms with Gasteiger partial charge in [-0.3, -0.25) is 0 Å². The number of rotatable bonds is 3. The molecule has 4 rings (SSSR count). The van der Waals surface area contributed by atoms with Gasteiger partial charge in [-0.1, -0.05) is 6.08 Å². The van der Waals surface area contributed by atoms with E-state index in [-0.39, 0.29) is 12.0 Å². The molecule has 4 fully saturated rings. The molecule has 0 amide bonds. The maximum Gasteiger partial charge on any atom is 0.215 e. The second kappa shape index (κ2) is 3.58. The van der Waals surface area contributed by atoms with Crippen LogP contribution in [0.1, 0.15) is 19.8 Å². The molecule has 100 valence electrons. The first kappa shape index (κ1) is 11.4. The van der Waals surface area contributed by atoms with Gasteiger partial charge in [-0.15, -0.1) is 0 Å². The van der Waals surface area contributed by atoms with Gasteiger partial charge in [0.25, 0.3) is 0 Å². The first-order valence-corrected chi connectivity index (χ1v) is 8.47. The molecule has 3 heterocycles. The van der Waals surface area contributed by atoms with Crippen molar-refractivity contribution in [2.24, 2.45) is 17.8 Å². The van der Waals surface area contributed by atoms with Crippen LogP contribution < -0.4 is 0 Å². The fraction of sp³-hybridized carbons (Fsp3) is 0.846. The molecule has 0 aromatic heterocycles. The van der Waals surface area contributed by atoms with Crippen LogP contribution in [0, 0.1) is 17.8 Å². The second-order valence-electron chi connectivity index (χ2n) is 6.19. The first-order valence-electron chi connectivity index (χ1n) is 6.86. The molecule has 0 unspecified atom stereocenters. The van der Waals surface area contributed by atoms with E-state index in [9.17, 15) is 8.42 Å². The van der Waals surface area contributed by atoms with Gasteiger partial charge in [0.15, 0.2) is 0 Å².